The van der Waals surface area contributed by atoms with Crippen LogP contribution in [0.3, 0.4) is 0 Å². The number of ether oxygens (including phenoxy) is 2. The van der Waals surface area contributed by atoms with Crippen LogP contribution in [0.25, 0.3) is 0 Å². The Kier molecular flexibility index (Phi) is 9.32. The summed E-state index contributed by atoms with van der Waals surface area (Å²) in [5.41, 5.74) is 1.24. The molecule has 0 saturated carbocycles. The van der Waals surface area contributed by atoms with E-state index in [2.05, 4.69) is 27.2 Å². The molecular weight excluding hydrogens is 507 g/mol. The molecule has 1 unspecified atom stereocenters. The summed E-state index contributed by atoms with van der Waals surface area (Å²) in [6.45, 7) is 6.19. The minimum atomic E-state index is 0. The van der Waals surface area contributed by atoms with Crippen molar-refractivity contribution in [1.29, 1.82) is 0 Å². The van der Waals surface area contributed by atoms with E-state index in [4.69, 9.17) is 18.9 Å². The molecule has 7 nitrogen and oxygen atoms in total. The third kappa shape index (κ3) is 6.77. The highest BCUT2D eigenvalue weighted by molar-refractivity contribution is 14.0. The van der Waals surface area contributed by atoms with Crippen LogP contribution >= 0.6 is 24.0 Å². The SMILES string of the molecule is COc1ccc(N2CCN(C(=NCC3CCCO3)NCCc3ccco3)CC2)cc1.I. The predicted octanol–water partition coefficient (Wildman–Crippen LogP) is 3.40. The Morgan fingerprint density at radius 3 is 2.61 bits per heavy atom. The van der Waals surface area contributed by atoms with Crippen LogP contribution in [-0.2, 0) is 11.2 Å². The summed E-state index contributed by atoms with van der Waals surface area (Å²) < 4.78 is 16.5. The third-order valence-electron chi connectivity index (χ3n) is 5.72. The van der Waals surface area contributed by atoms with E-state index in [0.29, 0.717) is 0 Å². The fraction of sp³-hybridized carbons (Fsp3) is 0.522. The molecule has 8 heteroatoms. The Balaban J connectivity index is 0.00000272. The second kappa shape index (κ2) is 12.2. The lowest BCUT2D eigenvalue weighted by molar-refractivity contribution is 0.117. The van der Waals surface area contributed by atoms with Crippen LogP contribution in [0, 0.1) is 0 Å². The first-order valence-corrected chi connectivity index (χ1v) is 10.9. The number of hydrogen-bond donors (Lipinski definition) is 1. The lowest BCUT2D eigenvalue weighted by Gasteiger charge is -2.38. The molecule has 2 saturated heterocycles. The quantitative estimate of drug-likeness (QED) is 0.330. The molecule has 2 aliphatic heterocycles. The number of rotatable bonds is 7. The molecular formula is C23H33IN4O3. The van der Waals surface area contributed by atoms with Crippen molar-refractivity contribution in [3.05, 3.63) is 48.4 Å². The van der Waals surface area contributed by atoms with E-state index >= 15 is 0 Å². The van der Waals surface area contributed by atoms with Crippen molar-refractivity contribution in [2.24, 2.45) is 4.99 Å². The minimum absolute atomic E-state index is 0. The molecule has 4 rings (SSSR count). The highest BCUT2D eigenvalue weighted by Crippen LogP contribution is 2.20. The zero-order chi connectivity index (χ0) is 20.6. The highest BCUT2D eigenvalue weighted by atomic mass is 127. The Morgan fingerprint density at radius 2 is 1.97 bits per heavy atom. The fourth-order valence-electron chi connectivity index (χ4n) is 3.97. The van der Waals surface area contributed by atoms with Crippen LogP contribution in [0.1, 0.15) is 18.6 Å². The Bertz CT molecular complexity index is 784. The lowest BCUT2D eigenvalue weighted by atomic mass is 10.2. The maximum atomic E-state index is 5.76. The fourth-order valence-corrected chi connectivity index (χ4v) is 3.97. The van der Waals surface area contributed by atoms with Gasteiger partial charge in [-0.15, -0.1) is 24.0 Å². The van der Waals surface area contributed by atoms with Gasteiger partial charge in [-0.3, -0.25) is 4.99 Å². The minimum Gasteiger partial charge on any atom is -0.497 e. The van der Waals surface area contributed by atoms with E-state index in [1.807, 2.05) is 24.3 Å². The molecule has 1 N–H and O–H groups in total. The molecule has 2 aliphatic rings. The standard InChI is InChI=1S/C23H32N4O3.HI/c1-28-20-8-6-19(7-9-20)26-12-14-27(15-13-26)23(25-18-22-5-3-17-30-22)24-11-10-21-4-2-16-29-21;/h2,4,6-9,16,22H,3,5,10-15,17-18H2,1H3,(H,24,25);1H. The number of hydrogen-bond acceptors (Lipinski definition) is 5. The first-order chi connectivity index (χ1) is 14.8. The number of piperazine rings is 1. The number of guanidine groups is 1. The summed E-state index contributed by atoms with van der Waals surface area (Å²) in [4.78, 5) is 9.68. The highest BCUT2D eigenvalue weighted by Gasteiger charge is 2.21. The van der Waals surface area contributed by atoms with E-state index in [1.165, 1.54) is 5.69 Å². The van der Waals surface area contributed by atoms with Crippen LogP contribution in [0.5, 0.6) is 5.75 Å². The molecule has 1 aromatic carbocycles. The normalized spacial score (nSPS) is 19.3. The topological polar surface area (TPSA) is 62.5 Å². The molecule has 2 aromatic rings. The van der Waals surface area contributed by atoms with Crippen molar-refractivity contribution in [2.45, 2.75) is 25.4 Å². The smallest absolute Gasteiger partial charge is 0.194 e. The molecule has 0 spiro atoms. The average molecular weight is 540 g/mol. The number of nitrogens with one attached hydrogen (secondary N) is 1. The molecule has 3 heterocycles. The van der Waals surface area contributed by atoms with Crippen LogP contribution in [0.15, 0.2) is 52.1 Å². The summed E-state index contributed by atoms with van der Waals surface area (Å²) in [5, 5.41) is 3.55. The number of methoxy groups -OCH3 is 1. The van der Waals surface area contributed by atoms with E-state index in [0.717, 1.165) is 82.6 Å². The molecule has 1 aromatic heterocycles. The molecule has 0 radical (unpaired) electrons. The number of nitrogens with zero attached hydrogens (tertiary/aromatic N) is 3. The monoisotopic (exact) mass is 540 g/mol. The predicted molar refractivity (Wildman–Crippen MR) is 134 cm³/mol. The van der Waals surface area contributed by atoms with Crippen molar-refractivity contribution in [3.8, 4) is 5.75 Å². The lowest BCUT2D eigenvalue weighted by Crippen LogP contribution is -2.53. The zero-order valence-electron chi connectivity index (χ0n) is 18.2. The van der Waals surface area contributed by atoms with Crippen molar-refractivity contribution in [3.63, 3.8) is 0 Å². The Morgan fingerprint density at radius 1 is 1.16 bits per heavy atom. The van der Waals surface area contributed by atoms with Crippen molar-refractivity contribution < 1.29 is 13.9 Å². The molecule has 2 fully saturated rings. The first-order valence-electron chi connectivity index (χ1n) is 10.9. The maximum absolute atomic E-state index is 5.76. The third-order valence-corrected chi connectivity index (χ3v) is 5.72. The Hall–Kier alpha value is -1.94. The van der Waals surface area contributed by atoms with Gasteiger partial charge in [-0.05, 0) is 49.2 Å². The first kappa shape index (κ1) is 23.7. The molecule has 0 aliphatic carbocycles. The van der Waals surface area contributed by atoms with Gasteiger partial charge in [-0.25, -0.2) is 0 Å². The molecule has 31 heavy (non-hydrogen) atoms. The van der Waals surface area contributed by atoms with Gasteiger partial charge in [0.15, 0.2) is 5.96 Å². The molecule has 0 amide bonds. The van der Waals surface area contributed by atoms with Gasteiger partial charge in [0.1, 0.15) is 11.5 Å². The number of aliphatic imine (C=N–C) groups is 1. The number of halogens is 1. The molecule has 170 valence electrons. The summed E-state index contributed by atoms with van der Waals surface area (Å²) in [5.74, 6) is 2.86. The molecule has 0 bridgehead atoms. The second-order valence-electron chi connectivity index (χ2n) is 7.73. The van der Waals surface area contributed by atoms with Gasteiger partial charge in [-0.1, -0.05) is 0 Å². The number of furan rings is 1. The van der Waals surface area contributed by atoms with Gasteiger partial charge >= 0.3 is 0 Å². The van der Waals surface area contributed by atoms with E-state index in [-0.39, 0.29) is 30.1 Å². The van der Waals surface area contributed by atoms with Gasteiger partial charge in [0.25, 0.3) is 0 Å². The van der Waals surface area contributed by atoms with Gasteiger partial charge in [0.2, 0.25) is 0 Å². The largest absolute Gasteiger partial charge is 0.497 e. The van der Waals surface area contributed by atoms with E-state index in [1.54, 1.807) is 13.4 Å². The maximum Gasteiger partial charge on any atom is 0.194 e. The van der Waals surface area contributed by atoms with Crippen molar-refractivity contribution in [2.75, 3.05) is 57.9 Å². The van der Waals surface area contributed by atoms with E-state index in [9.17, 15) is 0 Å². The van der Waals surface area contributed by atoms with Crippen LogP contribution in [0.4, 0.5) is 5.69 Å². The second-order valence-corrected chi connectivity index (χ2v) is 7.73. The van der Waals surface area contributed by atoms with Crippen molar-refractivity contribution >= 4 is 35.6 Å². The average Bonchev–Trinajstić information content (AvgIpc) is 3.51. The van der Waals surface area contributed by atoms with Gasteiger partial charge < -0.3 is 29.0 Å². The number of benzene rings is 1. The summed E-state index contributed by atoms with van der Waals surface area (Å²) in [6.07, 6.45) is 5.07. The zero-order valence-corrected chi connectivity index (χ0v) is 20.5. The van der Waals surface area contributed by atoms with Crippen LogP contribution < -0.4 is 15.0 Å². The van der Waals surface area contributed by atoms with Gasteiger partial charge in [-0.2, -0.15) is 0 Å². The molecule has 1 atom stereocenters. The van der Waals surface area contributed by atoms with Gasteiger partial charge in [0.05, 0.1) is 26.0 Å². The summed E-state index contributed by atoms with van der Waals surface area (Å²) >= 11 is 0. The Labute approximate surface area is 201 Å². The van der Waals surface area contributed by atoms with Crippen molar-refractivity contribution in [1.82, 2.24) is 10.2 Å². The number of anilines is 1. The van der Waals surface area contributed by atoms with E-state index < -0.39 is 0 Å². The van der Waals surface area contributed by atoms with Crippen LogP contribution in [-0.4, -0.2) is 69.9 Å². The summed E-state index contributed by atoms with van der Waals surface area (Å²) in [6, 6.07) is 12.2. The van der Waals surface area contributed by atoms with Crippen LogP contribution in [0.2, 0.25) is 0 Å². The van der Waals surface area contributed by atoms with Gasteiger partial charge in [0, 0.05) is 51.4 Å². The summed E-state index contributed by atoms with van der Waals surface area (Å²) in [7, 11) is 1.70.